The average Bonchev–Trinajstić information content (AvgIpc) is 2.46. The van der Waals surface area contributed by atoms with Crippen LogP contribution in [0.25, 0.3) is 0 Å². The highest BCUT2D eigenvalue weighted by molar-refractivity contribution is 5.44. The Morgan fingerprint density at radius 1 is 1.35 bits per heavy atom. The van der Waals surface area contributed by atoms with Gasteiger partial charge in [-0.1, -0.05) is 12.8 Å². The number of hydrogen-bond acceptors (Lipinski definition) is 5. The first kappa shape index (κ1) is 13.6. The van der Waals surface area contributed by atoms with Crippen LogP contribution in [-0.4, -0.2) is 47.9 Å². The van der Waals surface area contributed by atoms with Crippen molar-refractivity contribution >= 4 is 11.8 Å². The summed E-state index contributed by atoms with van der Waals surface area (Å²) in [5, 5.41) is 10.7. The Bertz CT molecular complexity index is 479. The molecule has 5 nitrogen and oxygen atoms in total. The maximum Gasteiger partial charge on any atom is 0.226 e. The van der Waals surface area contributed by atoms with Crippen molar-refractivity contribution in [3.05, 3.63) is 12.3 Å². The number of fused-ring (bicyclic) bond motifs is 1. The van der Waals surface area contributed by atoms with Crippen LogP contribution in [0.4, 0.5) is 11.8 Å². The summed E-state index contributed by atoms with van der Waals surface area (Å²) in [6.07, 6.45) is 7.20. The highest BCUT2D eigenvalue weighted by Crippen LogP contribution is 2.40. The van der Waals surface area contributed by atoms with Gasteiger partial charge >= 0.3 is 0 Å². The fourth-order valence-electron chi connectivity index (χ4n) is 3.51. The summed E-state index contributed by atoms with van der Waals surface area (Å²) >= 11 is 0. The van der Waals surface area contributed by atoms with E-state index in [-0.39, 0.29) is 0 Å². The van der Waals surface area contributed by atoms with E-state index in [4.69, 9.17) is 0 Å². The summed E-state index contributed by atoms with van der Waals surface area (Å²) in [6.45, 7) is 1.80. The molecule has 1 aliphatic carbocycles. The zero-order valence-electron chi connectivity index (χ0n) is 12.4. The maximum atomic E-state index is 10.7. The van der Waals surface area contributed by atoms with Gasteiger partial charge in [-0.15, -0.1) is 0 Å². The second-order valence-electron chi connectivity index (χ2n) is 6.35. The molecule has 2 unspecified atom stereocenters. The lowest BCUT2D eigenvalue weighted by atomic mass is 9.71. The Morgan fingerprint density at radius 3 is 3.00 bits per heavy atom. The van der Waals surface area contributed by atoms with Crippen LogP contribution in [-0.2, 0) is 0 Å². The summed E-state index contributed by atoms with van der Waals surface area (Å²) in [7, 11) is 3.91. The van der Waals surface area contributed by atoms with Gasteiger partial charge in [-0.3, -0.25) is 0 Å². The van der Waals surface area contributed by atoms with Gasteiger partial charge in [0.15, 0.2) is 0 Å². The molecule has 110 valence electrons. The monoisotopic (exact) mass is 276 g/mol. The number of rotatable bonds is 2. The number of aromatic nitrogens is 2. The van der Waals surface area contributed by atoms with Crippen LogP contribution in [0.5, 0.6) is 0 Å². The number of piperidine rings is 1. The summed E-state index contributed by atoms with van der Waals surface area (Å²) in [4.78, 5) is 13.1. The first-order valence-corrected chi connectivity index (χ1v) is 7.56. The third-order valence-electron chi connectivity index (χ3n) is 4.78. The zero-order chi connectivity index (χ0) is 14.2. The minimum Gasteiger partial charge on any atom is -0.389 e. The van der Waals surface area contributed by atoms with Gasteiger partial charge in [0.25, 0.3) is 0 Å². The number of aliphatic hydroxyl groups is 1. The summed E-state index contributed by atoms with van der Waals surface area (Å²) in [5.74, 6) is 2.12. The van der Waals surface area contributed by atoms with E-state index in [1.165, 1.54) is 12.8 Å². The Labute approximate surface area is 120 Å². The molecule has 2 fully saturated rings. The Hall–Kier alpha value is -1.36. The molecule has 0 aromatic carbocycles. The molecule has 5 heteroatoms. The zero-order valence-corrected chi connectivity index (χ0v) is 12.4. The van der Waals surface area contributed by atoms with Crippen LogP contribution in [0.2, 0.25) is 0 Å². The van der Waals surface area contributed by atoms with Crippen LogP contribution in [0.15, 0.2) is 12.3 Å². The lowest BCUT2D eigenvalue weighted by Crippen LogP contribution is -2.53. The van der Waals surface area contributed by atoms with Gasteiger partial charge < -0.3 is 14.9 Å². The average molecular weight is 276 g/mol. The summed E-state index contributed by atoms with van der Waals surface area (Å²) in [5.41, 5.74) is -0.424. The van der Waals surface area contributed by atoms with Crippen molar-refractivity contribution in [1.82, 2.24) is 9.97 Å². The van der Waals surface area contributed by atoms with E-state index in [1.807, 2.05) is 31.3 Å². The molecule has 0 radical (unpaired) electrons. The van der Waals surface area contributed by atoms with Crippen molar-refractivity contribution in [2.45, 2.75) is 37.7 Å². The Balaban J connectivity index is 1.77. The largest absolute Gasteiger partial charge is 0.389 e. The van der Waals surface area contributed by atoms with Crippen molar-refractivity contribution in [2.24, 2.45) is 5.92 Å². The van der Waals surface area contributed by atoms with E-state index in [2.05, 4.69) is 14.9 Å². The third-order valence-corrected chi connectivity index (χ3v) is 4.78. The summed E-state index contributed by atoms with van der Waals surface area (Å²) in [6, 6.07) is 1.97. The molecule has 1 N–H and O–H groups in total. The molecule has 2 aliphatic rings. The second-order valence-corrected chi connectivity index (χ2v) is 6.35. The number of hydrogen-bond donors (Lipinski definition) is 1. The first-order chi connectivity index (χ1) is 9.58. The molecule has 1 saturated heterocycles. The molecule has 3 rings (SSSR count). The topological polar surface area (TPSA) is 52.5 Å². The van der Waals surface area contributed by atoms with E-state index in [0.29, 0.717) is 5.92 Å². The molecule has 0 amide bonds. The molecule has 20 heavy (non-hydrogen) atoms. The molecule has 2 atom stereocenters. The molecular weight excluding hydrogens is 252 g/mol. The van der Waals surface area contributed by atoms with Crippen molar-refractivity contribution in [3.63, 3.8) is 0 Å². The van der Waals surface area contributed by atoms with E-state index in [0.717, 1.165) is 44.1 Å². The smallest absolute Gasteiger partial charge is 0.226 e. The van der Waals surface area contributed by atoms with Crippen molar-refractivity contribution in [3.8, 4) is 0 Å². The van der Waals surface area contributed by atoms with Gasteiger partial charge in [0.05, 0.1) is 5.60 Å². The predicted molar refractivity (Wildman–Crippen MR) is 80.1 cm³/mol. The summed E-state index contributed by atoms with van der Waals surface area (Å²) < 4.78 is 0. The van der Waals surface area contributed by atoms with E-state index < -0.39 is 5.60 Å². The van der Waals surface area contributed by atoms with Crippen molar-refractivity contribution < 1.29 is 5.11 Å². The second kappa shape index (κ2) is 5.20. The quantitative estimate of drug-likeness (QED) is 0.890. The normalized spacial score (nSPS) is 29.9. The number of nitrogens with zero attached hydrogens (tertiary/aromatic N) is 4. The van der Waals surface area contributed by atoms with Gasteiger partial charge in [-0.25, -0.2) is 4.98 Å². The molecule has 1 saturated carbocycles. The number of anilines is 2. The highest BCUT2D eigenvalue weighted by Gasteiger charge is 2.42. The molecular formula is C15H24N4O. The van der Waals surface area contributed by atoms with Crippen LogP contribution in [0.3, 0.4) is 0 Å². The lowest BCUT2D eigenvalue weighted by Gasteiger charge is -2.47. The fourth-order valence-corrected chi connectivity index (χ4v) is 3.51. The third kappa shape index (κ3) is 2.46. The molecule has 2 heterocycles. The van der Waals surface area contributed by atoms with E-state index in [9.17, 15) is 5.11 Å². The van der Waals surface area contributed by atoms with Gasteiger partial charge in [-0.2, -0.15) is 4.98 Å². The van der Waals surface area contributed by atoms with Gasteiger partial charge in [0, 0.05) is 39.3 Å². The molecule has 1 aromatic rings. The van der Waals surface area contributed by atoms with Gasteiger partial charge in [0.2, 0.25) is 5.95 Å². The van der Waals surface area contributed by atoms with Gasteiger partial charge in [0.1, 0.15) is 5.82 Å². The van der Waals surface area contributed by atoms with Gasteiger partial charge in [-0.05, 0) is 25.3 Å². The van der Waals surface area contributed by atoms with E-state index in [1.54, 1.807) is 0 Å². The van der Waals surface area contributed by atoms with Crippen LogP contribution < -0.4 is 9.80 Å². The first-order valence-electron chi connectivity index (χ1n) is 7.56. The SMILES string of the molecule is CN(C)c1nccc(N2CCC3(O)CCCCC3C2)n1. The van der Waals surface area contributed by atoms with Crippen molar-refractivity contribution in [1.29, 1.82) is 0 Å². The van der Waals surface area contributed by atoms with Crippen molar-refractivity contribution in [2.75, 3.05) is 37.0 Å². The highest BCUT2D eigenvalue weighted by atomic mass is 16.3. The minimum absolute atomic E-state index is 0.391. The molecule has 0 bridgehead atoms. The molecule has 1 aliphatic heterocycles. The Morgan fingerprint density at radius 2 is 2.20 bits per heavy atom. The lowest BCUT2D eigenvalue weighted by molar-refractivity contribution is -0.0613. The molecule has 0 spiro atoms. The minimum atomic E-state index is -0.424. The molecule has 1 aromatic heterocycles. The van der Waals surface area contributed by atoms with Crippen LogP contribution in [0.1, 0.15) is 32.1 Å². The maximum absolute atomic E-state index is 10.7. The predicted octanol–water partition coefficient (Wildman–Crippen LogP) is 1.67. The van der Waals surface area contributed by atoms with E-state index >= 15 is 0 Å². The van der Waals surface area contributed by atoms with Crippen LogP contribution >= 0.6 is 0 Å². The standard InChI is InChI=1S/C15H24N4O/c1-18(2)14-16-9-6-13(17-14)19-10-8-15(20)7-4-3-5-12(15)11-19/h6,9,12,20H,3-5,7-8,10-11H2,1-2H3. The van der Waals surface area contributed by atoms with Crippen LogP contribution in [0, 0.1) is 5.92 Å². The fraction of sp³-hybridized carbons (Fsp3) is 0.733. The Kier molecular flexibility index (Phi) is 3.54.